The van der Waals surface area contributed by atoms with Gasteiger partial charge in [0.25, 0.3) is 0 Å². The van der Waals surface area contributed by atoms with Gasteiger partial charge in [-0.15, -0.1) is 0 Å². The molecule has 0 fully saturated rings. The van der Waals surface area contributed by atoms with Gasteiger partial charge in [0, 0.05) is 16.2 Å². The quantitative estimate of drug-likeness (QED) is 0.499. The zero-order valence-electron chi connectivity index (χ0n) is 9.87. The number of benzene rings is 1. The normalized spacial score (nSPS) is 10.4. The third-order valence-electron chi connectivity index (χ3n) is 2.17. The van der Waals surface area contributed by atoms with Crippen molar-refractivity contribution in [1.82, 2.24) is 9.97 Å². The van der Waals surface area contributed by atoms with Crippen molar-refractivity contribution in [3.8, 4) is 0 Å². The molecule has 0 spiro atoms. The molecule has 1 aromatic carbocycles. The van der Waals surface area contributed by atoms with Gasteiger partial charge in [-0.2, -0.15) is 0 Å². The lowest BCUT2D eigenvalue weighted by atomic mass is 10.2. The van der Waals surface area contributed by atoms with Crippen LogP contribution in [0, 0.1) is 6.92 Å². The van der Waals surface area contributed by atoms with E-state index < -0.39 is 0 Å². The molecule has 18 heavy (non-hydrogen) atoms. The van der Waals surface area contributed by atoms with E-state index in [2.05, 4.69) is 31.2 Å². The summed E-state index contributed by atoms with van der Waals surface area (Å²) in [6.07, 6.45) is 1.92. The van der Waals surface area contributed by atoms with Gasteiger partial charge in [0.05, 0.1) is 0 Å². The second-order valence-electron chi connectivity index (χ2n) is 3.70. The highest BCUT2D eigenvalue weighted by Gasteiger charge is 2.04. The summed E-state index contributed by atoms with van der Waals surface area (Å²) in [6.45, 7) is 2.04. The van der Waals surface area contributed by atoms with Crippen LogP contribution in [0.1, 0.15) is 5.56 Å². The summed E-state index contributed by atoms with van der Waals surface area (Å²) in [5.74, 6) is 0.692. The molecule has 3 nitrogen and oxygen atoms in total. The fourth-order valence-electron chi connectivity index (χ4n) is 1.51. The van der Waals surface area contributed by atoms with Gasteiger partial charge in [-0.1, -0.05) is 39.3 Å². The minimum Gasteiger partial charge on any atom is -0.340 e. The Morgan fingerprint density at radius 2 is 2.00 bits per heavy atom. The number of aromatic nitrogens is 2. The molecule has 0 unspecified atom stereocenters. The summed E-state index contributed by atoms with van der Waals surface area (Å²) < 4.78 is 1.02. The van der Waals surface area contributed by atoms with Crippen LogP contribution < -0.4 is 5.32 Å². The van der Waals surface area contributed by atoms with Crippen LogP contribution in [0.15, 0.2) is 33.9 Å². The first kappa shape index (κ1) is 13.6. The molecule has 94 valence electrons. The van der Waals surface area contributed by atoms with Crippen molar-refractivity contribution in [1.29, 1.82) is 0 Å². The van der Waals surface area contributed by atoms with E-state index in [-0.39, 0.29) is 0 Å². The number of aryl methyl sites for hydroxylation is 1. The summed E-state index contributed by atoms with van der Waals surface area (Å²) in [5.41, 5.74) is 2.13. The first-order valence-electron chi connectivity index (χ1n) is 5.19. The van der Waals surface area contributed by atoms with Crippen LogP contribution >= 0.6 is 39.3 Å². The molecule has 1 heterocycles. The largest absolute Gasteiger partial charge is 0.340 e. The maximum atomic E-state index is 5.94. The van der Waals surface area contributed by atoms with Crippen molar-refractivity contribution >= 4 is 50.8 Å². The molecule has 0 amide bonds. The Bertz CT molecular complexity index is 557. The van der Waals surface area contributed by atoms with E-state index in [0.717, 1.165) is 15.7 Å². The zero-order chi connectivity index (χ0) is 13.1. The van der Waals surface area contributed by atoms with Gasteiger partial charge < -0.3 is 5.32 Å². The van der Waals surface area contributed by atoms with E-state index in [9.17, 15) is 0 Å². The number of hydrogen-bond acceptors (Lipinski definition) is 4. The van der Waals surface area contributed by atoms with Gasteiger partial charge in [-0.3, -0.25) is 0 Å². The molecule has 0 aliphatic rings. The van der Waals surface area contributed by atoms with Gasteiger partial charge in [-0.25, -0.2) is 9.97 Å². The molecule has 2 aromatic rings. The van der Waals surface area contributed by atoms with E-state index in [1.54, 1.807) is 6.07 Å². The number of nitrogens with one attached hydrogen (secondary N) is 1. The van der Waals surface area contributed by atoms with E-state index in [1.807, 2.05) is 31.4 Å². The first-order valence-corrected chi connectivity index (χ1v) is 7.59. The van der Waals surface area contributed by atoms with E-state index in [1.165, 1.54) is 11.8 Å². The smallest absolute Gasteiger partial charge is 0.190 e. The van der Waals surface area contributed by atoms with Crippen LogP contribution in [-0.2, 0) is 0 Å². The minimum atomic E-state index is 0.434. The molecule has 0 radical (unpaired) electrons. The van der Waals surface area contributed by atoms with Gasteiger partial charge in [-0.05, 0) is 36.9 Å². The number of nitrogens with zero attached hydrogens (tertiary/aromatic N) is 2. The molecule has 0 bridgehead atoms. The van der Waals surface area contributed by atoms with E-state index >= 15 is 0 Å². The van der Waals surface area contributed by atoms with E-state index in [0.29, 0.717) is 16.1 Å². The van der Waals surface area contributed by atoms with Crippen molar-refractivity contribution in [2.75, 3.05) is 11.6 Å². The highest BCUT2D eigenvalue weighted by molar-refractivity contribution is 9.10. The van der Waals surface area contributed by atoms with Crippen LogP contribution in [0.25, 0.3) is 0 Å². The third-order valence-corrected chi connectivity index (χ3v) is 3.37. The maximum absolute atomic E-state index is 5.94. The average molecular weight is 345 g/mol. The van der Waals surface area contributed by atoms with Crippen LogP contribution in [-0.4, -0.2) is 16.2 Å². The molecule has 0 saturated heterocycles. The van der Waals surface area contributed by atoms with Crippen LogP contribution in [0.3, 0.4) is 0 Å². The van der Waals surface area contributed by atoms with Gasteiger partial charge in [0.15, 0.2) is 5.16 Å². The predicted octanol–water partition coefficient (Wildman–Crippen LogP) is 4.67. The molecule has 0 saturated carbocycles. The molecule has 1 aromatic heterocycles. The van der Waals surface area contributed by atoms with Crippen LogP contribution in [0.5, 0.6) is 0 Å². The minimum absolute atomic E-state index is 0.434. The Morgan fingerprint density at radius 1 is 1.22 bits per heavy atom. The van der Waals surface area contributed by atoms with Crippen LogP contribution in [0.2, 0.25) is 5.15 Å². The molecule has 0 aliphatic carbocycles. The van der Waals surface area contributed by atoms with Gasteiger partial charge in [0.2, 0.25) is 0 Å². The van der Waals surface area contributed by atoms with Crippen molar-refractivity contribution in [2.24, 2.45) is 0 Å². The molecular formula is C12H11BrClN3S. The molecule has 2 rings (SSSR count). The Balaban J connectivity index is 2.30. The van der Waals surface area contributed by atoms with Gasteiger partial charge >= 0.3 is 0 Å². The number of halogens is 2. The van der Waals surface area contributed by atoms with Crippen molar-refractivity contribution in [2.45, 2.75) is 12.1 Å². The number of hydrogen-bond donors (Lipinski definition) is 1. The highest BCUT2D eigenvalue weighted by atomic mass is 79.9. The lowest BCUT2D eigenvalue weighted by Gasteiger charge is -2.08. The molecule has 6 heteroatoms. The fraction of sp³-hybridized carbons (Fsp3) is 0.167. The number of rotatable bonds is 3. The average Bonchev–Trinajstić information content (AvgIpc) is 2.26. The number of thioether (sulfide) groups is 1. The summed E-state index contributed by atoms with van der Waals surface area (Å²) in [7, 11) is 0. The second-order valence-corrected chi connectivity index (χ2v) is 5.78. The summed E-state index contributed by atoms with van der Waals surface area (Å²) in [5, 5.41) is 4.31. The van der Waals surface area contributed by atoms with E-state index in [4.69, 9.17) is 11.6 Å². The van der Waals surface area contributed by atoms with Crippen molar-refractivity contribution in [3.05, 3.63) is 39.5 Å². The standard InChI is InChI=1S/C12H11BrClN3S/c1-7-3-8(13)5-9(4-7)15-11-6-10(14)16-12(17-11)18-2/h3-6H,1-2H3,(H,15,16,17). The Kier molecular flexibility index (Phi) is 4.48. The topological polar surface area (TPSA) is 37.8 Å². The van der Waals surface area contributed by atoms with Crippen LogP contribution in [0.4, 0.5) is 11.5 Å². The maximum Gasteiger partial charge on any atom is 0.190 e. The Morgan fingerprint density at radius 3 is 2.67 bits per heavy atom. The van der Waals surface area contributed by atoms with Crippen molar-refractivity contribution in [3.63, 3.8) is 0 Å². The monoisotopic (exact) mass is 343 g/mol. The first-order chi connectivity index (χ1) is 8.56. The Hall–Kier alpha value is -0.780. The predicted molar refractivity (Wildman–Crippen MR) is 81.0 cm³/mol. The van der Waals surface area contributed by atoms with Gasteiger partial charge in [0.1, 0.15) is 11.0 Å². The number of anilines is 2. The molecule has 0 atom stereocenters. The lowest BCUT2D eigenvalue weighted by Crippen LogP contribution is -1.97. The Labute approximate surface area is 124 Å². The third kappa shape index (κ3) is 3.60. The summed E-state index contributed by atoms with van der Waals surface area (Å²) in [6, 6.07) is 7.78. The molecule has 0 aliphatic heterocycles. The zero-order valence-corrected chi connectivity index (χ0v) is 13.0. The summed E-state index contributed by atoms with van der Waals surface area (Å²) in [4.78, 5) is 8.44. The summed E-state index contributed by atoms with van der Waals surface area (Å²) >= 11 is 10.9. The SMILES string of the molecule is CSc1nc(Cl)cc(Nc2cc(C)cc(Br)c2)n1. The fourth-order valence-corrected chi connectivity index (χ4v) is 2.73. The van der Waals surface area contributed by atoms with Crippen molar-refractivity contribution < 1.29 is 0 Å². The lowest BCUT2D eigenvalue weighted by molar-refractivity contribution is 0.976. The second kappa shape index (κ2) is 5.91. The molecular weight excluding hydrogens is 334 g/mol. The highest BCUT2D eigenvalue weighted by Crippen LogP contribution is 2.24. The molecule has 1 N–H and O–H groups in total.